The van der Waals surface area contributed by atoms with Gasteiger partial charge >= 0.3 is 0 Å². The van der Waals surface area contributed by atoms with Crippen molar-refractivity contribution in [2.45, 2.75) is 80.2 Å². The standard InChI is InChI=1S/C19H40N2/c1-8-21(9-2)13-12-19(6,7)14-17-16(15-20-17)10-11-18(3,4)5/h16-17,20H,8-15H2,1-7H3. The van der Waals surface area contributed by atoms with Crippen molar-refractivity contribution in [1.82, 2.24) is 10.2 Å². The molecule has 1 N–H and O–H groups in total. The van der Waals surface area contributed by atoms with Crippen molar-refractivity contribution in [2.24, 2.45) is 16.7 Å². The Labute approximate surface area is 134 Å². The van der Waals surface area contributed by atoms with Gasteiger partial charge in [-0.25, -0.2) is 0 Å². The van der Waals surface area contributed by atoms with Crippen molar-refractivity contribution < 1.29 is 0 Å². The third-order valence-electron chi connectivity index (χ3n) is 5.25. The highest BCUT2D eigenvalue weighted by molar-refractivity contribution is 4.92. The van der Waals surface area contributed by atoms with Crippen LogP contribution in [-0.2, 0) is 0 Å². The third kappa shape index (κ3) is 7.15. The van der Waals surface area contributed by atoms with Crippen LogP contribution in [0.4, 0.5) is 0 Å². The maximum absolute atomic E-state index is 3.69. The smallest absolute Gasteiger partial charge is 0.0113 e. The molecule has 2 atom stereocenters. The lowest BCUT2D eigenvalue weighted by molar-refractivity contribution is 0.123. The molecule has 21 heavy (non-hydrogen) atoms. The molecule has 1 rings (SSSR count). The number of nitrogens with zero attached hydrogens (tertiary/aromatic N) is 1. The van der Waals surface area contributed by atoms with Crippen LogP contribution in [-0.4, -0.2) is 37.1 Å². The average Bonchev–Trinajstić information content (AvgIpc) is 2.35. The van der Waals surface area contributed by atoms with E-state index in [0.29, 0.717) is 10.8 Å². The van der Waals surface area contributed by atoms with Gasteiger partial charge in [-0.3, -0.25) is 0 Å². The van der Waals surface area contributed by atoms with Gasteiger partial charge in [-0.15, -0.1) is 0 Å². The van der Waals surface area contributed by atoms with Gasteiger partial charge in [0.1, 0.15) is 0 Å². The highest BCUT2D eigenvalue weighted by Crippen LogP contribution is 2.35. The van der Waals surface area contributed by atoms with Gasteiger partial charge in [0.05, 0.1) is 0 Å². The normalized spacial score (nSPS) is 23.4. The molecule has 0 aliphatic carbocycles. The number of rotatable bonds is 9. The molecule has 2 unspecified atom stereocenters. The van der Waals surface area contributed by atoms with E-state index < -0.39 is 0 Å². The van der Waals surface area contributed by atoms with Gasteiger partial charge in [-0.2, -0.15) is 0 Å². The Balaban J connectivity index is 2.34. The fraction of sp³-hybridized carbons (Fsp3) is 1.00. The first-order chi connectivity index (χ1) is 9.67. The molecule has 1 aliphatic heterocycles. The zero-order chi connectivity index (χ0) is 16.1. The van der Waals surface area contributed by atoms with E-state index in [1.165, 1.54) is 51.9 Å². The Bertz CT molecular complexity index is 286. The Morgan fingerprint density at radius 2 is 1.62 bits per heavy atom. The maximum atomic E-state index is 3.69. The topological polar surface area (TPSA) is 15.3 Å². The molecule has 1 aliphatic rings. The van der Waals surface area contributed by atoms with Crippen molar-refractivity contribution >= 4 is 0 Å². The number of hydrogen-bond acceptors (Lipinski definition) is 2. The molecule has 2 nitrogen and oxygen atoms in total. The average molecular weight is 297 g/mol. The molecule has 1 heterocycles. The molecule has 0 aromatic carbocycles. The van der Waals surface area contributed by atoms with Crippen LogP contribution in [0, 0.1) is 16.7 Å². The maximum Gasteiger partial charge on any atom is 0.0113 e. The van der Waals surface area contributed by atoms with Gasteiger partial charge in [0.2, 0.25) is 0 Å². The summed E-state index contributed by atoms with van der Waals surface area (Å²) in [6.45, 7) is 21.4. The van der Waals surface area contributed by atoms with Crippen molar-refractivity contribution in [3.63, 3.8) is 0 Å². The Kier molecular flexibility index (Phi) is 7.19. The first-order valence-corrected chi connectivity index (χ1v) is 9.12. The van der Waals surface area contributed by atoms with Gasteiger partial charge < -0.3 is 10.2 Å². The molecule has 0 saturated carbocycles. The lowest BCUT2D eigenvalue weighted by Crippen LogP contribution is -2.54. The van der Waals surface area contributed by atoms with Crippen LogP contribution in [0.3, 0.4) is 0 Å². The van der Waals surface area contributed by atoms with Crippen molar-refractivity contribution in [1.29, 1.82) is 0 Å². The van der Waals surface area contributed by atoms with Gasteiger partial charge in [-0.05, 0) is 68.6 Å². The van der Waals surface area contributed by atoms with Crippen molar-refractivity contribution in [2.75, 3.05) is 26.2 Å². The van der Waals surface area contributed by atoms with Gasteiger partial charge in [-0.1, -0.05) is 48.5 Å². The first-order valence-electron chi connectivity index (χ1n) is 9.12. The molecule has 0 spiro atoms. The number of hydrogen-bond donors (Lipinski definition) is 1. The minimum atomic E-state index is 0.459. The summed E-state index contributed by atoms with van der Waals surface area (Å²) in [6, 6.07) is 0.763. The van der Waals surface area contributed by atoms with E-state index in [4.69, 9.17) is 0 Å². The summed E-state index contributed by atoms with van der Waals surface area (Å²) in [4.78, 5) is 2.55. The summed E-state index contributed by atoms with van der Waals surface area (Å²) in [6.07, 6.45) is 5.41. The van der Waals surface area contributed by atoms with E-state index in [2.05, 4.69) is 58.7 Å². The molecular formula is C19H40N2. The quantitative estimate of drug-likeness (QED) is 0.671. The number of nitrogens with one attached hydrogen (secondary N) is 1. The van der Waals surface area contributed by atoms with Crippen LogP contribution in [0.2, 0.25) is 0 Å². The molecule has 2 heteroatoms. The fourth-order valence-electron chi connectivity index (χ4n) is 3.31. The van der Waals surface area contributed by atoms with E-state index in [1.54, 1.807) is 0 Å². The lowest BCUT2D eigenvalue weighted by Gasteiger charge is -2.44. The molecule has 0 bridgehead atoms. The first kappa shape index (κ1) is 19.0. The Hall–Kier alpha value is -0.0800. The molecule has 0 aromatic heterocycles. The minimum Gasteiger partial charge on any atom is -0.313 e. The summed E-state index contributed by atoms with van der Waals surface area (Å²) in [5.74, 6) is 0.914. The van der Waals surface area contributed by atoms with E-state index >= 15 is 0 Å². The summed E-state index contributed by atoms with van der Waals surface area (Å²) in [7, 11) is 0. The van der Waals surface area contributed by atoms with Crippen LogP contribution in [0.25, 0.3) is 0 Å². The predicted octanol–water partition coefficient (Wildman–Crippen LogP) is 4.55. The van der Waals surface area contributed by atoms with Crippen LogP contribution in [0.5, 0.6) is 0 Å². The Morgan fingerprint density at radius 3 is 2.05 bits per heavy atom. The largest absolute Gasteiger partial charge is 0.313 e. The summed E-state index contributed by atoms with van der Waals surface area (Å²) in [5.41, 5.74) is 0.944. The van der Waals surface area contributed by atoms with E-state index in [-0.39, 0.29) is 0 Å². The zero-order valence-corrected chi connectivity index (χ0v) is 15.8. The van der Waals surface area contributed by atoms with E-state index in [0.717, 1.165) is 12.0 Å². The predicted molar refractivity (Wildman–Crippen MR) is 94.8 cm³/mol. The summed E-state index contributed by atoms with van der Waals surface area (Å²) >= 11 is 0. The molecule has 0 radical (unpaired) electrons. The van der Waals surface area contributed by atoms with Gasteiger partial charge in [0.15, 0.2) is 0 Å². The lowest BCUT2D eigenvalue weighted by atomic mass is 9.73. The van der Waals surface area contributed by atoms with E-state index in [1.807, 2.05) is 0 Å². The minimum absolute atomic E-state index is 0.459. The highest BCUT2D eigenvalue weighted by atomic mass is 15.1. The third-order valence-corrected chi connectivity index (χ3v) is 5.25. The second-order valence-electron chi connectivity index (χ2n) is 9.02. The monoisotopic (exact) mass is 296 g/mol. The summed E-state index contributed by atoms with van der Waals surface area (Å²) in [5, 5.41) is 3.69. The second kappa shape index (κ2) is 7.97. The summed E-state index contributed by atoms with van der Waals surface area (Å²) < 4.78 is 0. The second-order valence-corrected chi connectivity index (χ2v) is 9.02. The molecule has 1 saturated heterocycles. The molecule has 0 aromatic rings. The molecule has 0 amide bonds. The van der Waals surface area contributed by atoms with Crippen molar-refractivity contribution in [3.8, 4) is 0 Å². The van der Waals surface area contributed by atoms with Gasteiger partial charge in [0.25, 0.3) is 0 Å². The van der Waals surface area contributed by atoms with E-state index in [9.17, 15) is 0 Å². The molecule has 1 fully saturated rings. The van der Waals surface area contributed by atoms with Crippen LogP contribution in [0.1, 0.15) is 74.1 Å². The van der Waals surface area contributed by atoms with Crippen LogP contribution in [0.15, 0.2) is 0 Å². The zero-order valence-electron chi connectivity index (χ0n) is 15.8. The fourth-order valence-corrected chi connectivity index (χ4v) is 3.31. The highest BCUT2D eigenvalue weighted by Gasteiger charge is 2.35. The Morgan fingerprint density at radius 1 is 1.00 bits per heavy atom. The van der Waals surface area contributed by atoms with Crippen molar-refractivity contribution in [3.05, 3.63) is 0 Å². The van der Waals surface area contributed by atoms with Crippen LogP contribution < -0.4 is 5.32 Å². The van der Waals surface area contributed by atoms with Crippen LogP contribution >= 0.6 is 0 Å². The SMILES string of the molecule is CCN(CC)CCC(C)(C)CC1NCC1CCC(C)(C)C. The molecular weight excluding hydrogens is 256 g/mol. The van der Waals surface area contributed by atoms with Gasteiger partial charge in [0, 0.05) is 6.04 Å². The molecule has 126 valence electrons.